The van der Waals surface area contributed by atoms with Crippen molar-refractivity contribution in [2.24, 2.45) is 10.2 Å². The molecule has 1 aromatic heterocycles. The van der Waals surface area contributed by atoms with E-state index in [4.69, 9.17) is 20.9 Å². The highest BCUT2D eigenvalue weighted by Gasteiger charge is 2.10. The molecule has 0 unspecified atom stereocenters. The van der Waals surface area contributed by atoms with E-state index in [9.17, 15) is 9.59 Å². The molecule has 0 aliphatic carbocycles. The standard InChI is InChI=1S/C18H12ClN3O4/c19-15-5-2-1-4-14(15)17(23)21-20-12-7-9-13(10-8-12)22-26-18(24)16-6-3-11-25-16/h1-11,22H. The first-order chi connectivity index (χ1) is 12.6. The van der Waals surface area contributed by atoms with Crippen LogP contribution in [0.1, 0.15) is 20.9 Å². The number of furan rings is 1. The second kappa shape index (κ2) is 8.09. The summed E-state index contributed by atoms with van der Waals surface area (Å²) in [4.78, 5) is 28.5. The lowest BCUT2D eigenvalue weighted by molar-refractivity contribution is 0.0560. The summed E-state index contributed by atoms with van der Waals surface area (Å²) in [6.45, 7) is 0. The average molecular weight is 370 g/mol. The lowest BCUT2D eigenvalue weighted by atomic mass is 10.2. The van der Waals surface area contributed by atoms with Gasteiger partial charge in [0.1, 0.15) is 0 Å². The number of carbonyl (C=O) groups is 2. The molecule has 0 fully saturated rings. The van der Waals surface area contributed by atoms with Crippen molar-refractivity contribution in [2.75, 3.05) is 5.48 Å². The average Bonchev–Trinajstić information content (AvgIpc) is 3.20. The molecule has 8 heteroatoms. The maximum Gasteiger partial charge on any atom is 0.398 e. The van der Waals surface area contributed by atoms with Crippen molar-refractivity contribution in [1.29, 1.82) is 0 Å². The smallest absolute Gasteiger partial charge is 0.398 e. The van der Waals surface area contributed by atoms with Crippen LogP contribution in [0.3, 0.4) is 0 Å². The van der Waals surface area contributed by atoms with Gasteiger partial charge < -0.3 is 9.25 Å². The van der Waals surface area contributed by atoms with Crippen LogP contribution in [0.4, 0.5) is 11.4 Å². The number of amides is 1. The Morgan fingerprint density at radius 3 is 2.46 bits per heavy atom. The summed E-state index contributed by atoms with van der Waals surface area (Å²) in [5, 5.41) is 7.83. The number of carbonyl (C=O) groups excluding carboxylic acids is 2. The molecule has 130 valence electrons. The van der Waals surface area contributed by atoms with E-state index in [1.54, 1.807) is 54.6 Å². The number of benzene rings is 2. The summed E-state index contributed by atoms with van der Waals surface area (Å²) < 4.78 is 4.92. The number of azo groups is 1. The molecule has 0 spiro atoms. The van der Waals surface area contributed by atoms with Gasteiger partial charge in [0, 0.05) is 0 Å². The van der Waals surface area contributed by atoms with Gasteiger partial charge >= 0.3 is 5.97 Å². The Morgan fingerprint density at radius 2 is 1.77 bits per heavy atom. The largest absolute Gasteiger partial charge is 0.457 e. The first kappa shape index (κ1) is 17.4. The molecule has 0 radical (unpaired) electrons. The molecule has 7 nitrogen and oxygen atoms in total. The predicted molar refractivity (Wildman–Crippen MR) is 94.5 cm³/mol. The Labute approximate surface area is 153 Å². The first-order valence-corrected chi connectivity index (χ1v) is 7.82. The molecular weight excluding hydrogens is 358 g/mol. The Kier molecular flexibility index (Phi) is 5.40. The minimum Gasteiger partial charge on any atom is -0.457 e. The molecule has 1 heterocycles. The third-order valence-corrected chi connectivity index (χ3v) is 3.54. The number of nitrogens with one attached hydrogen (secondary N) is 1. The van der Waals surface area contributed by atoms with Crippen LogP contribution in [0.15, 0.2) is 81.6 Å². The summed E-state index contributed by atoms with van der Waals surface area (Å²) in [6.07, 6.45) is 1.38. The molecule has 2 aromatic carbocycles. The summed E-state index contributed by atoms with van der Waals surface area (Å²) in [6, 6.07) is 16.1. The van der Waals surface area contributed by atoms with Gasteiger partial charge in [-0.3, -0.25) is 4.79 Å². The van der Waals surface area contributed by atoms with Crippen LogP contribution in [0, 0.1) is 0 Å². The Hall–Kier alpha value is -3.45. The Morgan fingerprint density at radius 1 is 1.00 bits per heavy atom. The van der Waals surface area contributed by atoms with Gasteiger partial charge in [0.05, 0.1) is 28.2 Å². The highest BCUT2D eigenvalue weighted by molar-refractivity contribution is 6.33. The number of hydrogen-bond acceptors (Lipinski definition) is 6. The molecule has 0 aliphatic heterocycles. The SMILES string of the molecule is O=C(ONc1ccc(N=NC(=O)c2ccccc2Cl)cc1)c1ccco1. The normalized spacial score (nSPS) is 10.7. The number of nitrogens with zero attached hydrogens (tertiary/aromatic N) is 2. The van der Waals surface area contributed by atoms with Crippen molar-refractivity contribution < 1.29 is 18.8 Å². The summed E-state index contributed by atoms with van der Waals surface area (Å²) in [7, 11) is 0. The zero-order valence-electron chi connectivity index (χ0n) is 13.3. The van der Waals surface area contributed by atoms with Gasteiger partial charge in [-0.25, -0.2) is 10.3 Å². The van der Waals surface area contributed by atoms with Crippen LogP contribution in [-0.4, -0.2) is 11.9 Å². The van der Waals surface area contributed by atoms with Crippen LogP contribution in [0.2, 0.25) is 5.02 Å². The van der Waals surface area contributed by atoms with E-state index >= 15 is 0 Å². The van der Waals surface area contributed by atoms with Crippen molar-refractivity contribution in [1.82, 2.24) is 0 Å². The van der Waals surface area contributed by atoms with Crippen LogP contribution < -0.4 is 5.48 Å². The highest BCUT2D eigenvalue weighted by Crippen LogP contribution is 2.20. The Bertz CT molecular complexity index is 937. The maximum absolute atomic E-state index is 12.0. The van der Waals surface area contributed by atoms with Gasteiger partial charge in [0.25, 0.3) is 5.91 Å². The van der Waals surface area contributed by atoms with Gasteiger partial charge in [-0.05, 0) is 48.5 Å². The van der Waals surface area contributed by atoms with E-state index in [0.29, 0.717) is 16.4 Å². The van der Waals surface area contributed by atoms with Crippen molar-refractivity contribution in [3.05, 3.63) is 83.3 Å². The van der Waals surface area contributed by atoms with Crippen molar-refractivity contribution >= 4 is 34.9 Å². The molecule has 0 aliphatic rings. The van der Waals surface area contributed by atoms with Gasteiger partial charge in [-0.2, -0.15) is 0 Å². The van der Waals surface area contributed by atoms with Crippen LogP contribution >= 0.6 is 11.6 Å². The van der Waals surface area contributed by atoms with Crippen LogP contribution in [0.25, 0.3) is 0 Å². The van der Waals surface area contributed by atoms with E-state index in [1.807, 2.05) is 0 Å². The molecule has 3 aromatic rings. The van der Waals surface area contributed by atoms with E-state index in [1.165, 1.54) is 12.3 Å². The fourth-order valence-corrected chi connectivity index (χ4v) is 2.15. The molecule has 0 atom stereocenters. The molecule has 1 N–H and O–H groups in total. The minimum absolute atomic E-state index is 0.0843. The quantitative estimate of drug-likeness (QED) is 0.502. The number of hydrogen-bond donors (Lipinski definition) is 1. The van der Waals surface area contributed by atoms with E-state index in [0.717, 1.165) is 0 Å². The molecule has 0 bridgehead atoms. The topological polar surface area (TPSA) is 93.3 Å². The first-order valence-electron chi connectivity index (χ1n) is 7.45. The lowest BCUT2D eigenvalue weighted by Gasteiger charge is -2.05. The summed E-state index contributed by atoms with van der Waals surface area (Å²) >= 11 is 5.94. The highest BCUT2D eigenvalue weighted by atomic mass is 35.5. The molecule has 0 saturated heterocycles. The molecule has 3 rings (SSSR count). The molecule has 1 amide bonds. The van der Waals surface area contributed by atoms with Gasteiger partial charge in [0.2, 0.25) is 5.76 Å². The number of anilines is 1. The fraction of sp³-hybridized carbons (Fsp3) is 0. The fourth-order valence-electron chi connectivity index (χ4n) is 1.94. The molecule has 0 saturated carbocycles. The maximum atomic E-state index is 12.0. The van der Waals surface area contributed by atoms with E-state index in [-0.39, 0.29) is 11.3 Å². The van der Waals surface area contributed by atoms with Gasteiger partial charge in [-0.1, -0.05) is 23.7 Å². The number of halogens is 1. The monoisotopic (exact) mass is 369 g/mol. The van der Waals surface area contributed by atoms with Crippen molar-refractivity contribution in [3.8, 4) is 0 Å². The van der Waals surface area contributed by atoms with Gasteiger partial charge in [0.15, 0.2) is 0 Å². The Balaban J connectivity index is 1.58. The van der Waals surface area contributed by atoms with E-state index < -0.39 is 11.9 Å². The zero-order valence-corrected chi connectivity index (χ0v) is 14.0. The summed E-state index contributed by atoms with van der Waals surface area (Å²) in [5.41, 5.74) is 3.74. The zero-order chi connectivity index (χ0) is 18.4. The van der Waals surface area contributed by atoms with Gasteiger partial charge in [-0.15, -0.1) is 10.2 Å². The second-order valence-electron chi connectivity index (χ2n) is 5.00. The molecule has 26 heavy (non-hydrogen) atoms. The van der Waals surface area contributed by atoms with Crippen molar-refractivity contribution in [3.63, 3.8) is 0 Å². The van der Waals surface area contributed by atoms with E-state index in [2.05, 4.69) is 15.7 Å². The predicted octanol–water partition coefficient (Wildman–Crippen LogP) is 5.04. The number of rotatable bonds is 5. The summed E-state index contributed by atoms with van der Waals surface area (Å²) in [5.74, 6) is -1.10. The third-order valence-electron chi connectivity index (χ3n) is 3.21. The minimum atomic E-state index is -0.649. The van der Waals surface area contributed by atoms with Crippen LogP contribution in [-0.2, 0) is 4.84 Å². The van der Waals surface area contributed by atoms with Crippen molar-refractivity contribution in [2.45, 2.75) is 0 Å². The lowest BCUT2D eigenvalue weighted by Crippen LogP contribution is -2.09. The molecular formula is C18H12ClN3O4. The van der Waals surface area contributed by atoms with Crippen LogP contribution in [0.5, 0.6) is 0 Å². The third kappa shape index (κ3) is 4.34. The second-order valence-corrected chi connectivity index (χ2v) is 5.41.